The van der Waals surface area contributed by atoms with E-state index < -0.39 is 5.91 Å². The smallest absolute Gasteiger partial charge is 0.252 e. The third kappa shape index (κ3) is 5.30. The summed E-state index contributed by atoms with van der Waals surface area (Å²) in [6.07, 6.45) is 4.63. The number of halogens is 1. The number of pyridine rings is 1. The number of aromatic hydroxyl groups is 1. The zero-order valence-electron chi connectivity index (χ0n) is 17.0. The molecule has 1 aromatic heterocycles. The molecule has 3 aromatic rings. The van der Waals surface area contributed by atoms with Crippen molar-refractivity contribution in [2.24, 2.45) is 5.73 Å². The number of aromatic nitrogens is 1. The van der Waals surface area contributed by atoms with Crippen LogP contribution in [-0.4, -0.2) is 22.5 Å². The summed E-state index contributed by atoms with van der Waals surface area (Å²) in [5.74, 6) is -0.110. The Morgan fingerprint density at radius 3 is 2.60 bits per heavy atom. The van der Waals surface area contributed by atoms with Gasteiger partial charge >= 0.3 is 0 Å². The van der Waals surface area contributed by atoms with Crippen molar-refractivity contribution in [2.45, 2.75) is 32.6 Å². The molecule has 1 heterocycles. The van der Waals surface area contributed by atoms with Crippen molar-refractivity contribution in [1.29, 1.82) is 0 Å². The quantitative estimate of drug-likeness (QED) is 0.376. The van der Waals surface area contributed by atoms with E-state index in [0.29, 0.717) is 16.3 Å². The molecule has 0 aliphatic heterocycles. The molecule has 2 aromatic carbocycles. The van der Waals surface area contributed by atoms with Gasteiger partial charge in [0.15, 0.2) is 0 Å². The topological polar surface area (TPSA) is 88.2 Å². The molecule has 0 saturated carbocycles. The molecule has 0 aliphatic rings. The lowest BCUT2D eigenvalue weighted by Crippen LogP contribution is -2.11. The maximum atomic E-state index is 11.6. The second-order valence-electron chi connectivity index (χ2n) is 7.19. The molecule has 1 amide bonds. The van der Waals surface area contributed by atoms with Gasteiger partial charge < -0.3 is 16.2 Å². The van der Waals surface area contributed by atoms with Gasteiger partial charge in [0.2, 0.25) is 0 Å². The number of hydrogen-bond acceptors (Lipinski definition) is 4. The van der Waals surface area contributed by atoms with Gasteiger partial charge in [-0.15, -0.1) is 0 Å². The number of phenols is 1. The summed E-state index contributed by atoms with van der Waals surface area (Å²) in [7, 11) is 0. The first-order valence-electron chi connectivity index (χ1n) is 10.1. The van der Waals surface area contributed by atoms with Crippen LogP contribution in [0.3, 0.4) is 0 Å². The molecule has 0 saturated heterocycles. The van der Waals surface area contributed by atoms with E-state index in [4.69, 9.17) is 22.3 Å². The summed E-state index contributed by atoms with van der Waals surface area (Å²) >= 11 is 6.42. The van der Waals surface area contributed by atoms with Gasteiger partial charge in [-0.2, -0.15) is 0 Å². The van der Waals surface area contributed by atoms with Crippen molar-refractivity contribution in [3.63, 3.8) is 0 Å². The lowest BCUT2D eigenvalue weighted by atomic mass is 10.0. The fraction of sp³-hybridized carbons (Fsp3) is 0.250. The van der Waals surface area contributed by atoms with Gasteiger partial charge in [0.1, 0.15) is 11.6 Å². The minimum Gasteiger partial charge on any atom is -0.507 e. The monoisotopic (exact) mass is 423 g/mol. The van der Waals surface area contributed by atoms with E-state index in [1.807, 2.05) is 36.4 Å². The number of carbonyl (C=O) groups is 1. The van der Waals surface area contributed by atoms with Gasteiger partial charge in [-0.05, 0) is 48.4 Å². The van der Waals surface area contributed by atoms with Crippen molar-refractivity contribution in [3.05, 3.63) is 65.2 Å². The number of hydrogen-bond donors (Lipinski definition) is 3. The van der Waals surface area contributed by atoms with Crippen LogP contribution in [0.25, 0.3) is 22.4 Å². The first-order valence-corrected chi connectivity index (χ1v) is 10.5. The van der Waals surface area contributed by atoms with Gasteiger partial charge in [-0.1, -0.05) is 56.0 Å². The first-order chi connectivity index (χ1) is 14.5. The van der Waals surface area contributed by atoms with Gasteiger partial charge in [0, 0.05) is 22.7 Å². The van der Waals surface area contributed by atoms with Crippen molar-refractivity contribution in [2.75, 3.05) is 11.9 Å². The first kappa shape index (κ1) is 21.7. The number of amides is 1. The Hall–Kier alpha value is -3.05. The second kappa shape index (κ2) is 10.1. The zero-order valence-corrected chi connectivity index (χ0v) is 17.7. The van der Waals surface area contributed by atoms with Crippen LogP contribution >= 0.6 is 11.6 Å². The summed E-state index contributed by atoms with van der Waals surface area (Å²) in [5, 5.41) is 14.0. The van der Waals surface area contributed by atoms with Gasteiger partial charge in [0.25, 0.3) is 5.91 Å². The molecular weight excluding hydrogens is 398 g/mol. The highest BCUT2D eigenvalue weighted by Gasteiger charge is 2.13. The fourth-order valence-corrected chi connectivity index (χ4v) is 3.53. The molecule has 0 atom stereocenters. The van der Waals surface area contributed by atoms with Gasteiger partial charge in [-0.3, -0.25) is 4.79 Å². The molecule has 0 unspecified atom stereocenters. The SMILES string of the molecule is CCCCCCNc1cc(-c2ccccc2Cl)cc(-c2ccc(O)c(C(N)=O)c2)n1. The highest BCUT2D eigenvalue weighted by Crippen LogP contribution is 2.33. The zero-order chi connectivity index (χ0) is 21.5. The number of carbonyl (C=O) groups excluding carboxylic acids is 1. The standard InChI is InChI=1S/C24H26ClN3O2/c1-2-3-4-7-12-27-23-15-17(18-8-5-6-9-20(18)25)14-21(28-23)16-10-11-22(29)19(13-16)24(26)30/h5-6,8-11,13-15,29H,2-4,7,12H2,1H3,(H2,26,30)(H,27,28). The Labute approximate surface area is 181 Å². The number of nitrogens with one attached hydrogen (secondary N) is 1. The lowest BCUT2D eigenvalue weighted by molar-refractivity contribution is 0.0998. The predicted molar refractivity (Wildman–Crippen MR) is 123 cm³/mol. The van der Waals surface area contributed by atoms with E-state index in [1.165, 1.54) is 25.3 Å². The largest absolute Gasteiger partial charge is 0.507 e. The van der Waals surface area contributed by atoms with Crippen molar-refractivity contribution in [3.8, 4) is 28.1 Å². The Morgan fingerprint density at radius 1 is 1.07 bits per heavy atom. The molecule has 30 heavy (non-hydrogen) atoms. The van der Waals surface area contributed by atoms with E-state index in [9.17, 15) is 9.90 Å². The Kier molecular flexibility index (Phi) is 7.31. The third-order valence-electron chi connectivity index (χ3n) is 4.90. The van der Waals surface area contributed by atoms with Crippen LogP contribution in [0.5, 0.6) is 5.75 Å². The number of benzene rings is 2. The average molecular weight is 424 g/mol. The molecule has 0 spiro atoms. The van der Waals surface area contributed by atoms with Crippen molar-refractivity contribution in [1.82, 2.24) is 4.98 Å². The van der Waals surface area contributed by atoms with Gasteiger partial charge in [-0.25, -0.2) is 4.98 Å². The number of primary amides is 1. The molecule has 0 aliphatic carbocycles. The maximum absolute atomic E-state index is 11.6. The number of nitrogens with zero attached hydrogens (tertiary/aromatic N) is 1. The highest BCUT2D eigenvalue weighted by atomic mass is 35.5. The molecule has 0 bridgehead atoms. The van der Waals surface area contributed by atoms with Crippen LogP contribution in [0.4, 0.5) is 5.82 Å². The summed E-state index contributed by atoms with van der Waals surface area (Å²) in [6.45, 7) is 3.01. The number of unbranched alkanes of at least 4 members (excludes halogenated alkanes) is 3. The number of rotatable bonds is 9. The molecule has 5 nitrogen and oxygen atoms in total. The van der Waals surface area contributed by atoms with Crippen molar-refractivity contribution >= 4 is 23.3 Å². The second-order valence-corrected chi connectivity index (χ2v) is 7.60. The van der Waals surface area contributed by atoms with Crippen LogP contribution in [0.2, 0.25) is 5.02 Å². The molecular formula is C24H26ClN3O2. The molecule has 156 valence electrons. The molecule has 3 rings (SSSR count). The highest BCUT2D eigenvalue weighted by molar-refractivity contribution is 6.33. The number of nitrogens with two attached hydrogens (primary N) is 1. The van der Waals surface area contributed by atoms with E-state index in [1.54, 1.807) is 12.1 Å². The van der Waals surface area contributed by atoms with Crippen molar-refractivity contribution < 1.29 is 9.90 Å². The fourth-order valence-electron chi connectivity index (χ4n) is 3.28. The predicted octanol–water partition coefficient (Wildman–Crippen LogP) is 5.87. The number of anilines is 1. The lowest BCUT2D eigenvalue weighted by Gasteiger charge is -2.13. The van der Waals surface area contributed by atoms with E-state index in [0.717, 1.165) is 29.9 Å². The molecule has 4 N–H and O–H groups in total. The molecule has 6 heteroatoms. The van der Waals surface area contributed by atoms with Crippen LogP contribution in [0, 0.1) is 0 Å². The van der Waals surface area contributed by atoms with E-state index in [2.05, 4.69) is 12.2 Å². The maximum Gasteiger partial charge on any atom is 0.252 e. The molecule has 0 fully saturated rings. The normalized spacial score (nSPS) is 10.7. The Bertz CT molecular complexity index is 1040. The summed E-state index contributed by atoms with van der Waals surface area (Å²) in [4.78, 5) is 16.4. The minimum absolute atomic E-state index is 0.0616. The molecule has 0 radical (unpaired) electrons. The minimum atomic E-state index is -0.689. The Balaban J connectivity index is 2.00. The summed E-state index contributed by atoms with van der Waals surface area (Å²) in [5.41, 5.74) is 8.60. The summed E-state index contributed by atoms with van der Waals surface area (Å²) < 4.78 is 0. The van der Waals surface area contributed by atoms with Gasteiger partial charge in [0.05, 0.1) is 11.3 Å². The van der Waals surface area contributed by atoms with Crippen LogP contribution in [0.15, 0.2) is 54.6 Å². The third-order valence-corrected chi connectivity index (χ3v) is 5.23. The van der Waals surface area contributed by atoms with E-state index >= 15 is 0 Å². The van der Waals surface area contributed by atoms with E-state index in [-0.39, 0.29) is 11.3 Å². The van der Waals surface area contributed by atoms with Crippen LogP contribution < -0.4 is 11.1 Å². The van der Waals surface area contributed by atoms with Crippen LogP contribution in [0.1, 0.15) is 43.0 Å². The van der Waals surface area contributed by atoms with Crippen LogP contribution in [-0.2, 0) is 0 Å². The average Bonchev–Trinajstić information content (AvgIpc) is 2.74. The Morgan fingerprint density at radius 2 is 1.87 bits per heavy atom. The summed E-state index contributed by atoms with van der Waals surface area (Å²) in [6, 6.07) is 16.2.